The Kier molecular flexibility index (Phi) is 4.90. The monoisotopic (exact) mass is 258 g/mol. The van der Waals surface area contributed by atoms with Gasteiger partial charge in [0.05, 0.1) is 6.42 Å². The molecule has 1 aliphatic heterocycles. The number of rotatable bonds is 5. The van der Waals surface area contributed by atoms with Gasteiger partial charge in [-0.2, -0.15) is 0 Å². The highest BCUT2D eigenvalue weighted by Gasteiger charge is 2.25. The van der Waals surface area contributed by atoms with Gasteiger partial charge in [-0.05, 0) is 20.0 Å². The molecule has 1 fully saturated rings. The molecule has 0 saturated carbocycles. The summed E-state index contributed by atoms with van der Waals surface area (Å²) in [7, 11) is 1.94. The molecule has 0 bridgehead atoms. The van der Waals surface area contributed by atoms with Gasteiger partial charge in [-0.25, -0.2) is 9.59 Å². The number of hydrogen-bond acceptors (Lipinski definition) is 4. The molecule has 2 atom stereocenters. The second kappa shape index (κ2) is 6.20. The average Bonchev–Trinajstić information content (AvgIpc) is 2.62. The van der Waals surface area contributed by atoms with Crippen LogP contribution in [0.5, 0.6) is 0 Å². The number of carbonyl (C=O) groups is 3. The summed E-state index contributed by atoms with van der Waals surface area (Å²) in [6.07, 6.45) is 0.394. The first-order chi connectivity index (χ1) is 8.38. The molecule has 1 saturated heterocycles. The molecule has 102 valence electrons. The molecule has 0 radical (unpaired) electrons. The molecule has 5 N–H and O–H groups in total. The molecule has 3 amide bonds. The maximum atomic E-state index is 11.5. The third-order valence-electron chi connectivity index (χ3n) is 2.74. The summed E-state index contributed by atoms with van der Waals surface area (Å²) in [6, 6.07) is -1.89. The number of carboxylic acid groups (broad SMARTS) is 1. The van der Waals surface area contributed by atoms with E-state index >= 15 is 0 Å². The van der Waals surface area contributed by atoms with Crippen molar-refractivity contribution in [3.05, 3.63) is 0 Å². The predicted octanol–water partition coefficient (Wildman–Crippen LogP) is -1.68. The zero-order valence-corrected chi connectivity index (χ0v) is 10.2. The number of likely N-dealkylation sites (N-methyl/N-ethyl adjacent to an activating group) is 1. The van der Waals surface area contributed by atoms with E-state index in [9.17, 15) is 14.4 Å². The van der Waals surface area contributed by atoms with Gasteiger partial charge in [0.1, 0.15) is 6.04 Å². The molecule has 1 heterocycles. The highest BCUT2D eigenvalue weighted by Crippen LogP contribution is 2.05. The third-order valence-corrected chi connectivity index (χ3v) is 2.74. The molecule has 0 aromatic carbocycles. The van der Waals surface area contributed by atoms with Crippen LogP contribution in [0.15, 0.2) is 0 Å². The lowest BCUT2D eigenvalue weighted by Crippen LogP contribution is -2.50. The summed E-state index contributed by atoms with van der Waals surface area (Å²) < 4.78 is 0. The van der Waals surface area contributed by atoms with Crippen LogP contribution in [0.2, 0.25) is 0 Å². The average molecular weight is 258 g/mol. The standard InChI is InChI=1S/C10H18N4O4/c1-14-3-2-6(5-14)12-10(18)13-7(9(16)17)4-8(11)15/h6-7H,2-5H2,1H3,(H2,11,15)(H,16,17)(H2,12,13,18). The predicted molar refractivity (Wildman–Crippen MR) is 62.8 cm³/mol. The lowest BCUT2D eigenvalue weighted by Gasteiger charge is -2.17. The normalized spacial score (nSPS) is 21.3. The molecule has 1 aliphatic rings. The minimum absolute atomic E-state index is 0.00183. The van der Waals surface area contributed by atoms with Gasteiger partial charge in [-0.3, -0.25) is 4.79 Å². The van der Waals surface area contributed by atoms with E-state index in [4.69, 9.17) is 10.8 Å². The van der Waals surface area contributed by atoms with Crippen molar-refractivity contribution in [2.24, 2.45) is 5.73 Å². The Bertz CT molecular complexity index is 347. The van der Waals surface area contributed by atoms with Crippen LogP contribution < -0.4 is 16.4 Å². The maximum Gasteiger partial charge on any atom is 0.326 e. The van der Waals surface area contributed by atoms with E-state index in [2.05, 4.69) is 15.5 Å². The van der Waals surface area contributed by atoms with Crippen molar-refractivity contribution in [3.63, 3.8) is 0 Å². The lowest BCUT2D eigenvalue weighted by atomic mass is 10.2. The molecule has 18 heavy (non-hydrogen) atoms. The van der Waals surface area contributed by atoms with Gasteiger partial charge in [0.25, 0.3) is 0 Å². The van der Waals surface area contributed by atoms with Crippen LogP contribution >= 0.6 is 0 Å². The quantitative estimate of drug-likeness (QED) is 0.468. The van der Waals surface area contributed by atoms with Gasteiger partial charge >= 0.3 is 12.0 Å². The van der Waals surface area contributed by atoms with Gasteiger partial charge in [0.15, 0.2) is 0 Å². The number of amides is 3. The molecule has 1 rings (SSSR count). The number of urea groups is 1. The maximum absolute atomic E-state index is 11.5. The number of hydrogen-bond donors (Lipinski definition) is 4. The van der Waals surface area contributed by atoms with Crippen LogP contribution in [-0.4, -0.2) is 60.1 Å². The van der Waals surface area contributed by atoms with Crippen LogP contribution in [0.3, 0.4) is 0 Å². The number of primary amides is 1. The SMILES string of the molecule is CN1CCC(NC(=O)NC(CC(N)=O)C(=O)O)C1. The fraction of sp³-hybridized carbons (Fsp3) is 0.700. The van der Waals surface area contributed by atoms with Gasteiger partial charge in [0.2, 0.25) is 5.91 Å². The van der Waals surface area contributed by atoms with Crippen LogP contribution in [0.1, 0.15) is 12.8 Å². The molecular formula is C10H18N4O4. The summed E-state index contributed by atoms with van der Waals surface area (Å²) in [5.74, 6) is -2.06. The highest BCUT2D eigenvalue weighted by atomic mass is 16.4. The van der Waals surface area contributed by atoms with Crippen molar-refractivity contribution in [3.8, 4) is 0 Å². The Morgan fingerprint density at radius 3 is 2.61 bits per heavy atom. The Morgan fingerprint density at radius 1 is 1.50 bits per heavy atom. The topological polar surface area (TPSA) is 125 Å². The number of nitrogens with two attached hydrogens (primary N) is 1. The second-order valence-corrected chi connectivity index (χ2v) is 4.43. The zero-order chi connectivity index (χ0) is 13.7. The van der Waals surface area contributed by atoms with Gasteiger partial charge in [-0.15, -0.1) is 0 Å². The fourth-order valence-corrected chi connectivity index (χ4v) is 1.84. The van der Waals surface area contributed by atoms with Gasteiger partial charge in [0, 0.05) is 12.6 Å². The molecule has 2 unspecified atom stereocenters. The summed E-state index contributed by atoms with van der Waals surface area (Å²) in [6.45, 7) is 1.61. The smallest absolute Gasteiger partial charge is 0.326 e. The minimum Gasteiger partial charge on any atom is -0.480 e. The third kappa shape index (κ3) is 4.58. The van der Waals surface area contributed by atoms with Crippen molar-refractivity contribution in [1.29, 1.82) is 0 Å². The number of likely N-dealkylation sites (tertiary alicyclic amines) is 1. The Labute approximate surface area is 104 Å². The first kappa shape index (κ1) is 14.2. The van der Waals surface area contributed by atoms with Crippen LogP contribution in [0.25, 0.3) is 0 Å². The summed E-state index contributed by atoms with van der Waals surface area (Å²) >= 11 is 0. The molecule has 0 aliphatic carbocycles. The highest BCUT2D eigenvalue weighted by molar-refractivity contribution is 5.87. The van der Waals surface area contributed by atoms with E-state index in [0.29, 0.717) is 0 Å². The van der Waals surface area contributed by atoms with Gasteiger partial charge < -0.3 is 26.4 Å². The molecule has 0 aromatic heterocycles. The Morgan fingerprint density at radius 2 is 2.17 bits per heavy atom. The van der Waals surface area contributed by atoms with Crippen molar-refractivity contribution in [1.82, 2.24) is 15.5 Å². The number of carboxylic acids is 1. The molecule has 0 aromatic rings. The Hall–Kier alpha value is -1.83. The minimum atomic E-state index is -1.29. The summed E-state index contributed by atoms with van der Waals surface area (Å²) in [5.41, 5.74) is 4.91. The number of aliphatic carboxylic acids is 1. The van der Waals surface area contributed by atoms with Crippen molar-refractivity contribution >= 4 is 17.9 Å². The molecule has 8 nitrogen and oxygen atoms in total. The zero-order valence-electron chi connectivity index (χ0n) is 10.2. The van der Waals surface area contributed by atoms with Crippen LogP contribution in [0, 0.1) is 0 Å². The fourth-order valence-electron chi connectivity index (χ4n) is 1.84. The first-order valence-electron chi connectivity index (χ1n) is 5.65. The Balaban J connectivity index is 2.41. The van der Waals surface area contributed by atoms with Crippen molar-refractivity contribution in [2.75, 3.05) is 20.1 Å². The molecule has 8 heteroatoms. The number of nitrogens with one attached hydrogen (secondary N) is 2. The largest absolute Gasteiger partial charge is 0.480 e. The van der Waals surface area contributed by atoms with Gasteiger partial charge in [-0.1, -0.05) is 0 Å². The summed E-state index contributed by atoms with van der Waals surface area (Å²) in [5, 5.41) is 13.7. The lowest BCUT2D eigenvalue weighted by molar-refractivity contribution is -0.140. The van der Waals surface area contributed by atoms with E-state index in [1.807, 2.05) is 7.05 Å². The van der Waals surface area contributed by atoms with Crippen LogP contribution in [-0.2, 0) is 9.59 Å². The van der Waals surface area contributed by atoms with E-state index in [1.54, 1.807) is 0 Å². The number of carbonyl (C=O) groups excluding carboxylic acids is 2. The van der Waals surface area contributed by atoms with Crippen LogP contribution in [0.4, 0.5) is 4.79 Å². The summed E-state index contributed by atoms with van der Waals surface area (Å²) in [4.78, 5) is 35.1. The van der Waals surface area contributed by atoms with E-state index in [0.717, 1.165) is 19.5 Å². The number of nitrogens with zero attached hydrogens (tertiary/aromatic N) is 1. The molecule has 0 spiro atoms. The van der Waals surface area contributed by atoms with E-state index in [-0.39, 0.29) is 6.04 Å². The van der Waals surface area contributed by atoms with Crippen molar-refractivity contribution in [2.45, 2.75) is 24.9 Å². The first-order valence-corrected chi connectivity index (χ1v) is 5.65. The van der Waals surface area contributed by atoms with Crippen molar-refractivity contribution < 1.29 is 19.5 Å². The molecular weight excluding hydrogens is 240 g/mol. The van der Waals surface area contributed by atoms with E-state index in [1.165, 1.54) is 0 Å². The van der Waals surface area contributed by atoms with E-state index < -0.39 is 30.4 Å². The second-order valence-electron chi connectivity index (χ2n) is 4.43.